The van der Waals surface area contributed by atoms with E-state index in [4.69, 9.17) is 10.3 Å². The van der Waals surface area contributed by atoms with Crippen LogP contribution in [0.3, 0.4) is 0 Å². The standard InChI is InChI=1S/C14H17N3O/c15-10-14(8-9-14)13-16-12(17-18-13)7-6-11-4-2-1-3-5-11/h1-5H,6-10,15H2. The first kappa shape index (κ1) is 11.4. The molecule has 2 N–H and O–H groups in total. The second-order valence-corrected chi connectivity index (χ2v) is 4.99. The molecule has 1 aliphatic carbocycles. The van der Waals surface area contributed by atoms with Gasteiger partial charge in [0.1, 0.15) is 0 Å². The Bertz CT molecular complexity index is 517. The molecule has 2 aromatic rings. The van der Waals surface area contributed by atoms with E-state index < -0.39 is 0 Å². The smallest absolute Gasteiger partial charge is 0.234 e. The van der Waals surface area contributed by atoms with Crippen molar-refractivity contribution in [1.29, 1.82) is 0 Å². The van der Waals surface area contributed by atoms with Gasteiger partial charge in [-0.1, -0.05) is 35.5 Å². The number of hydrogen-bond donors (Lipinski definition) is 1. The average Bonchev–Trinajstić information content (AvgIpc) is 3.09. The first-order chi connectivity index (χ1) is 8.82. The average molecular weight is 243 g/mol. The van der Waals surface area contributed by atoms with E-state index in [1.807, 2.05) is 18.2 Å². The predicted octanol–water partition coefficient (Wildman–Crippen LogP) is 1.85. The fourth-order valence-corrected chi connectivity index (χ4v) is 2.13. The summed E-state index contributed by atoms with van der Waals surface area (Å²) in [6, 6.07) is 10.3. The Labute approximate surface area is 106 Å². The van der Waals surface area contributed by atoms with Crippen LogP contribution in [0.4, 0.5) is 0 Å². The van der Waals surface area contributed by atoms with Gasteiger partial charge >= 0.3 is 0 Å². The molecule has 3 rings (SSSR count). The molecule has 1 fully saturated rings. The molecule has 1 aromatic carbocycles. The van der Waals surface area contributed by atoms with Gasteiger partial charge in [-0.2, -0.15) is 4.98 Å². The van der Waals surface area contributed by atoms with Gasteiger partial charge in [-0.3, -0.25) is 0 Å². The number of hydrogen-bond acceptors (Lipinski definition) is 4. The van der Waals surface area contributed by atoms with Crippen molar-refractivity contribution in [3.8, 4) is 0 Å². The molecule has 1 aliphatic rings. The maximum Gasteiger partial charge on any atom is 0.234 e. The molecule has 94 valence electrons. The minimum absolute atomic E-state index is 0.00199. The fraction of sp³-hybridized carbons (Fsp3) is 0.429. The third-order valence-electron chi connectivity index (χ3n) is 3.65. The number of aromatic nitrogens is 2. The molecule has 0 unspecified atom stereocenters. The van der Waals surface area contributed by atoms with Crippen molar-refractivity contribution in [2.24, 2.45) is 5.73 Å². The number of nitrogens with zero attached hydrogens (tertiary/aromatic N) is 2. The Hall–Kier alpha value is -1.68. The first-order valence-corrected chi connectivity index (χ1v) is 6.39. The van der Waals surface area contributed by atoms with Crippen LogP contribution in [-0.2, 0) is 18.3 Å². The minimum atomic E-state index is -0.00199. The topological polar surface area (TPSA) is 64.9 Å². The lowest BCUT2D eigenvalue weighted by Gasteiger charge is -2.03. The Morgan fingerprint density at radius 2 is 1.94 bits per heavy atom. The van der Waals surface area contributed by atoms with Crippen molar-refractivity contribution in [3.05, 3.63) is 47.6 Å². The maximum atomic E-state index is 5.75. The minimum Gasteiger partial charge on any atom is -0.339 e. The van der Waals surface area contributed by atoms with Crippen molar-refractivity contribution in [2.45, 2.75) is 31.1 Å². The van der Waals surface area contributed by atoms with E-state index >= 15 is 0 Å². The predicted molar refractivity (Wildman–Crippen MR) is 68.1 cm³/mol. The molecule has 1 aromatic heterocycles. The van der Waals surface area contributed by atoms with E-state index in [1.54, 1.807) is 0 Å². The largest absolute Gasteiger partial charge is 0.339 e. The molecule has 0 amide bonds. The lowest BCUT2D eigenvalue weighted by atomic mass is 10.1. The highest BCUT2D eigenvalue weighted by molar-refractivity contribution is 5.18. The summed E-state index contributed by atoms with van der Waals surface area (Å²) in [6.07, 6.45) is 3.90. The molecule has 18 heavy (non-hydrogen) atoms. The van der Waals surface area contributed by atoms with Crippen LogP contribution in [0.5, 0.6) is 0 Å². The zero-order valence-corrected chi connectivity index (χ0v) is 10.3. The summed E-state index contributed by atoms with van der Waals surface area (Å²) in [4.78, 5) is 4.47. The SMILES string of the molecule is NCC1(c2nc(CCc3ccccc3)no2)CC1. The van der Waals surface area contributed by atoms with E-state index in [9.17, 15) is 0 Å². The quantitative estimate of drug-likeness (QED) is 0.870. The van der Waals surface area contributed by atoms with Crippen molar-refractivity contribution in [1.82, 2.24) is 10.1 Å². The van der Waals surface area contributed by atoms with Crippen molar-refractivity contribution in [3.63, 3.8) is 0 Å². The molecule has 1 saturated carbocycles. The van der Waals surface area contributed by atoms with Crippen LogP contribution in [0.2, 0.25) is 0 Å². The molecule has 0 spiro atoms. The lowest BCUT2D eigenvalue weighted by molar-refractivity contribution is 0.343. The molecule has 1 heterocycles. The molecule has 0 bridgehead atoms. The Morgan fingerprint density at radius 1 is 1.17 bits per heavy atom. The fourth-order valence-electron chi connectivity index (χ4n) is 2.13. The van der Waals surface area contributed by atoms with Gasteiger partial charge in [0.2, 0.25) is 5.89 Å². The Morgan fingerprint density at radius 3 is 2.61 bits per heavy atom. The molecular weight excluding hydrogens is 226 g/mol. The van der Waals surface area contributed by atoms with Gasteiger partial charge in [-0.25, -0.2) is 0 Å². The first-order valence-electron chi connectivity index (χ1n) is 6.39. The summed E-state index contributed by atoms with van der Waals surface area (Å²) >= 11 is 0. The van der Waals surface area contributed by atoms with Gasteiger partial charge in [-0.15, -0.1) is 0 Å². The van der Waals surface area contributed by atoms with Crippen molar-refractivity contribution >= 4 is 0 Å². The third kappa shape index (κ3) is 2.16. The molecule has 4 heteroatoms. The Balaban J connectivity index is 1.64. The second-order valence-electron chi connectivity index (χ2n) is 4.99. The van der Waals surface area contributed by atoms with Crippen LogP contribution in [0, 0.1) is 0 Å². The van der Waals surface area contributed by atoms with Crippen molar-refractivity contribution < 1.29 is 4.52 Å². The normalized spacial score (nSPS) is 16.7. The van der Waals surface area contributed by atoms with Gasteiger partial charge in [0.25, 0.3) is 0 Å². The second kappa shape index (κ2) is 4.53. The summed E-state index contributed by atoms with van der Waals surface area (Å²) in [5.74, 6) is 1.52. The Kier molecular flexibility index (Phi) is 2.88. The molecule has 4 nitrogen and oxygen atoms in total. The van der Waals surface area contributed by atoms with Crippen LogP contribution >= 0.6 is 0 Å². The molecule has 0 saturated heterocycles. The lowest BCUT2D eigenvalue weighted by Crippen LogP contribution is -2.20. The van der Waals surface area contributed by atoms with Crippen LogP contribution in [-0.4, -0.2) is 16.7 Å². The van der Waals surface area contributed by atoms with E-state index in [0.717, 1.165) is 37.4 Å². The van der Waals surface area contributed by atoms with E-state index in [0.29, 0.717) is 6.54 Å². The number of nitrogens with two attached hydrogens (primary N) is 1. The summed E-state index contributed by atoms with van der Waals surface area (Å²) in [5, 5.41) is 4.04. The summed E-state index contributed by atoms with van der Waals surface area (Å²) in [5.41, 5.74) is 7.04. The van der Waals surface area contributed by atoms with Crippen LogP contribution in [0.15, 0.2) is 34.9 Å². The molecular formula is C14H17N3O. The zero-order chi connectivity index (χ0) is 12.4. The number of aryl methyl sites for hydroxylation is 2. The van der Waals surface area contributed by atoms with Crippen molar-refractivity contribution in [2.75, 3.05) is 6.54 Å². The number of benzene rings is 1. The van der Waals surface area contributed by atoms with Crippen LogP contribution in [0.25, 0.3) is 0 Å². The third-order valence-corrected chi connectivity index (χ3v) is 3.65. The molecule has 0 radical (unpaired) electrons. The van der Waals surface area contributed by atoms with E-state index in [2.05, 4.69) is 22.3 Å². The summed E-state index contributed by atoms with van der Waals surface area (Å²) in [6.45, 7) is 0.604. The van der Waals surface area contributed by atoms with Crippen LogP contribution < -0.4 is 5.73 Å². The highest BCUT2D eigenvalue weighted by Crippen LogP contribution is 2.46. The van der Waals surface area contributed by atoms with Gasteiger partial charge in [-0.05, 0) is 24.8 Å². The van der Waals surface area contributed by atoms with Gasteiger partial charge in [0.05, 0.1) is 5.41 Å². The summed E-state index contributed by atoms with van der Waals surface area (Å²) < 4.78 is 5.33. The van der Waals surface area contributed by atoms with E-state index in [-0.39, 0.29) is 5.41 Å². The highest BCUT2D eigenvalue weighted by Gasteiger charge is 2.48. The zero-order valence-electron chi connectivity index (χ0n) is 10.3. The highest BCUT2D eigenvalue weighted by atomic mass is 16.5. The number of rotatable bonds is 5. The van der Waals surface area contributed by atoms with Gasteiger partial charge in [0.15, 0.2) is 5.82 Å². The summed E-state index contributed by atoms with van der Waals surface area (Å²) in [7, 11) is 0. The molecule has 0 atom stereocenters. The van der Waals surface area contributed by atoms with Crippen LogP contribution in [0.1, 0.15) is 30.1 Å². The van der Waals surface area contributed by atoms with E-state index in [1.165, 1.54) is 5.56 Å². The maximum absolute atomic E-state index is 5.75. The van der Waals surface area contributed by atoms with Gasteiger partial charge in [0, 0.05) is 13.0 Å². The molecule has 0 aliphatic heterocycles. The van der Waals surface area contributed by atoms with Gasteiger partial charge < -0.3 is 10.3 Å². The monoisotopic (exact) mass is 243 g/mol.